The fraction of sp³-hybridized carbons (Fsp3) is 0.381. The first-order chi connectivity index (χ1) is 11.5. The minimum atomic E-state index is -0.788. The van der Waals surface area contributed by atoms with Crippen LogP contribution >= 0.6 is 0 Å². The van der Waals surface area contributed by atoms with Gasteiger partial charge >= 0.3 is 0 Å². The van der Waals surface area contributed by atoms with E-state index >= 15 is 0 Å². The van der Waals surface area contributed by atoms with Gasteiger partial charge in [-0.25, -0.2) is 0 Å². The summed E-state index contributed by atoms with van der Waals surface area (Å²) < 4.78 is 6.27. The van der Waals surface area contributed by atoms with Crippen molar-refractivity contribution >= 4 is 0 Å². The number of nitrogens with zero attached hydrogens (tertiary/aromatic N) is 1. The van der Waals surface area contributed by atoms with E-state index in [0.717, 1.165) is 40.8 Å². The number of aromatic hydroxyl groups is 1. The molecule has 0 radical (unpaired) electrons. The fourth-order valence-corrected chi connectivity index (χ4v) is 3.48. The maximum atomic E-state index is 10.3. The summed E-state index contributed by atoms with van der Waals surface area (Å²) >= 11 is 0. The third-order valence-electron chi connectivity index (χ3n) is 5.28. The van der Waals surface area contributed by atoms with E-state index in [2.05, 4.69) is 18.2 Å². The van der Waals surface area contributed by atoms with Gasteiger partial charge in [-0.15, -0.1) is 0 Å². The largest absolute Gasteiger partial charge is 0.507 e. The quantitative estimate of drug-likeness (QED) is 0.903. The molecule has 1 aliphatic heterocycles. The summed E-state index contributed by atoms with van der Waals surface area (Å²) in [6.07, 6.45) is 2.91. The number of aryl methyl sites for hydroxylation is 1. The predicted octanol–water partition coefficient (Wildman–Crippen LogP) is 4.54. The van der Waals surface area contributed by atoms with Gasteiger partial charge in [0.05, 0.1) is 0 Å². The molecular weight excluding hydrogens is 298 g/mol. The van der Waals surface area contributed by atoms with Crippen LogP contribution in [0.15, 0.2) is 30.3 Å². The van der Waals surface area contributed by atoms with Crippen LogP contribution < -0.4 is 4.74 Å². The Bertz CT molecular complexity index is 805. The molecule has 3 nitrogen and oxygen atoms in total. The summed E-state index contributed by atoms with van der Waals surface area (Å²) in [6, 6.07) is 12.6. The average molecular weight is 321 g/mol. The van der Waals surface area contributed by atoms with Gasteiger partial charge in [-0.2, -0.15) is 5.26 Å². The Balaban J connectivity index is 1.91. The van der Waals surface area contributed by atoms with Crippen molar-refractivity contribution in [1.29, 1.82) is 5.26 Å². The standard InChI is InChI=1S/C21H23NO2/c1-14-15(2)20-18(16(3)19(14)23)10-12-21(13-22,24-20)11-9-17-7-5-4-6-8-17/h4-8,23H,9-12H2,1-3H3. The van der Waals surface area contributed by atoms with Crippen molar-refractivity contribution in [3.05, 3.63) is 58.1 Å². The molecule has 1 unspecified atom stereocenters. The van der Waals surface area contributed by atoms with E-state index in [1.165, 1.54) is 5.56 Å². The van der Waals surface area contributed by atoms with Crippen LogP contribution in [0.4, 0.5) is 0 Å². The first kappa shape index (κ1) is 16.4. The van der Waals surface area contributed by atoms with Crippen LogP contribution in [0, 0.1) is 32.1 Å². The first-order valence-electron chi connectivity index (χ1n) is 8.43. The summed E-state index contributed by atoms with van der Waals surface area (Å²) in [7, 11) is 0. The zero-order valence-corrected chi connectivity index (χ0v) is 14.5. The molecule has 1 atom stereocenters. The van der Waals surface area contributed by atoms with Gasteiger partial charge in [0.15, 0.2) is 5.60 Å². The molecule has 0 saturated heterocycles. The molecule has 2 aromatic rings. The van der Waals surface area contributed by atoms with Gasteiger partial charge in [-0.05, 0) is 55.9 Å². The van der Waals surface area contributed by atoms with Crippen LogP contribution in [0.3, 0.4) is 0 Å². The van der Waals surface area contributed by atoms with Crippen LogP contribution in [-0.2, 0) is 12.8 Å². The van der Waals surface area contributed by atoms with E-state index in [-0.39, 0.29) is 0 Å². The highest BCUT2D eigenvalue weighted by Crippen LogP contribution is 2.44. The summed E-state index contributed by atoms with van der Waals surface area (Å²) in [5.41, 5.74) is 4.12. The maximum absolute atomic E-state index is 10.3. The second kappa shape index (κ2) is 6.20. The highest BCUT2D eigenvalue weighted by Gasteiger charge is 2.38. The van der Waals surface area contributed by atoms with Gasteiger partial charge in [-0.1, -0.05) is 30.3 Å². The molecule has 1 aliphatic rings. The zero-order chi connectivity index (χ0) is 17.3. The second-order valence-electron chi connectivity index (χ2n) is 6.73. The number of rotatable bonds is 3. The number of nitriles is 1. The zero-order valence-electron chi connectivity index (χ0n) is 14.5. The van der Waals surface area contributed by atoms with Crippen molar-refractivity contribution in [2.75, 3.05) is 0 Å². The Morgan fingerprint density at radius 3 is 2.50 bits per heavy atom. The molecule has 1 heterocycles. The predicted molar refractivity (Wildman–Crippen MR) is 94.4 cm³/mol. The molecule has 0 saturated carbocycles. The minimum Gasteiger partial charge on any atom is -0.507 e. The highest BCUT2D eigenvalue weighted by atomic mass is 16.5. The third kappa shape index (κ3) is 2.73. The Hall–Kier alpha value is -2.47. The number of ether oxygens (including phenoxy) is 1. The molecule has 0 aromatic heterocycles. The molecule has 3 rings (SSSR count). The molecule has 0 amide bonds. The summed E-state index contributed by atoms with van der Waals surface area (Å²) in [6.45, 7) is 5.78. The minimum absolute atomic E-state index is 0.351. The van der Waals surface area contributed by atoms with Crippen LogP contribution in [-0.4, -0.2) is 10.7 Å². The van der Waals surface area contributed by atoms with E-state index < -0.39 is 5.60 Å². The molecule has 1 N–H and O–H groups in total. The fourth-order valence-electron chi connectivity index (χ4n) is 3.48. The maximum Gasteiger partial charge on any atom is 0.194 e. The molecule has 0 fully saturated rings. The lowest BCUT2D eigenvalue weighted by molar-refractivity contribution is 0.0917. The van der Waals surface area contributed by atoms with Crippen molar-refractivity contribution in [3.8, 4) is 17.6 Å². The van der Waals surface area contributed by atoms with Crippen LogP contribution in [0.25, 0.3) is 0 Å². The molecule has 0 aliphatic carbocycles. The van der Waals surface area contributed by atoms with Gasteiger partial charge < -0.3 is 9.84 Å². The van der Waals surface area contributed by atoms with Gasteiger partial charge in [0.1, 0.15) is 17.6 Å². The van der Waals surface area contributed by atoms with E-state index in [1.807, 2.05) is 39.0 Å². The normalized spacial score (nSPS) is 19.2. The number of fused-ring (bicyclic) bond motifs is 1. The van der Waals surface area contributed by atoms with E-state index in [1.54, 1.807) is 0 Å². The van der Waals surface area contributed by atoms with Crippen molar-refractivity contribution < 1.29 is 9.84 Å². The SMILES string of the molecule is Cc1c(C)c2c(c(C)c1O)CCC(C#N)(CCc1ccccc1)O2. The number of hydrogen-bond acceptors (Lipinski definition) is 3. The molecule has 0 spiro atoms. The molecule has 2 aromatic carbocycles. The van der Waals surface area contributed by atoms with Crippen molar-refractivity contribution in [3.63, 3.8) is 0 Å². The smallest absolute Gasteiger partial charge is 0.194 e. The van der Waals surface area contributed by atoms with E-state index in [4.69, 9.17) is 4.74 Å². The molecule has 124 valence electrons. The molecule has 24 heavy (non-hydrogen) atoms. The lowest BCUT2D eigenvalue weighted by Gasteiger charge is -2.35. The van der Waals surface area contributed by atoms with Crippen LogP contribution in [0.1, 0.15) is 40.7 Å². The summed E-state index contributed by atoms with van der Waals surface area (Å²) in [5.74, 6) is 1.15. The summed E-state index contributed by atoms with van der Waals surface area (Å²) in [5, 5.41) is 20.1. The number of benzene rings is 2. The van der Waals surface area contributed by atoms with Crippen molar-refractivity contribution in [2.24, 2.45) is 0 Å². The van der Waals surface area contributed by atoms with Crippen LogP contribution in [0.2, 0.25) is 0 Å². The lowest BCUT2D eigenvalue weighted by Crippen LogP contribution is -2.39. The van der Waals surface area contributed by atoms with E-state index in [0.29, 0.717) is 18.6 Å². The summed E-state index contributed by atoms with van der Waals surface area (Å²) in [4.78, 5) is 0. The first-order valence-corrected chi connectivity index (χ1v) is 8.43. The molecule has 0 bridgehead atoms. The molecular formula is C21H23NO2. The number of hydrogen-bond donors (Lipinski definition) is 1. The number of phenolic OH excluding ortho intramolecular Hbond substituents is 1. The lowest BCUT2D eigenvalue weighted by atomic mass is 9.84. The van der Waals surface area contributed by atoms with E-state index in [9.17, 15) is 10.4 Å². The monoisotopic (exact) mass is 321 g/mol. The topological polar surface area (TPSA) is 53.2 Å². The Morgan fingerprint density at radius 1 is 1.12 bits per heavy atom. The Morgan fingerprint density at radius 2 is 1.83 bits per heavy atom. The van der Waals surface area contributed by atoms with Crippen LogP contribution in [0.5, 0.6) is 11.5 Å². The van der Waals surface area contributed by atoms with Crippen molar-refractivity contribution in [2.45, 2.75) is 52.1 Å². The number of phenols is 1. The Kier molecular flexibility index (Phi) is 4.24. The molecule has 3 heteroatoms. The van der Waals surface area contributed by atoms with Gasteiger partial charge in [0, 0.05) is 18.4 Å². The Labute approximate surface area is 143 Å². The van der Waals surface area contributed by atoms with Crippen molar-refractivity contribution in [1.82, 2.24) is 0 Å². The third-order valence-corrected chi connectivity index (χ3v) is 5.28. The van der Waals surface area contributed by atoms with Gasteiger partial charge in [0.25, 0.3) is 0 Å². The van der Waals surface area contributed by atoms with Gasteiger partial charge in [-0.3, -0.25) is 0 Å². The van der Waals surface area contributed by atoms with Gasteiger partial charge in [0.2, 0.25) is 0 Å². The second-order valence-corrected chi connectivity index (χ2v) is 6.73. The average Bonchev–Trinajstić information content (AvgIpc) is 2.63. The highest BCUT2D eigenvalue weighted by molar-refractivity contribution is 5.58.